The number of hydrogen-bond acceptors (Lipinski definition) is 4. The first-order valence-corrected chi connectivity index (χ1v) is 7.68. The van der Waals surface area contributed by atoms with E-state index in [9.17, 15) is 4.79 Å². The van der Waals surface area contributed by atoms with Gasteiger partial charge in [0, 0.05) is 38.9 Å². The van der Waals surface area contributed by atoms with Crippen molar-refractivity contribution in [2.75, 3.05) is 26.2 Å². The van der Waals surface area contributed by atoms with Crippen LogP contribution in [0.3, 0.4) is 0 Å². The van der Waals surface area contributed by atoms with Crippen LogP contribution in [0, 0.1) is 0 Å². The number of aromatic nitrogens is 1. The van der Waals surface area contributed by atoms with Gasteiger partial charge in [0.05, 0.1) is 17.5 Å². The van der Waals surface area contributed by atoms with Gasteiger partial charge in [-0.2, -0.15) is 0 Å². The fourth-order valence-corrected chi connectivity index (χ4v) is 2.86. The third-order valence-corrected chi connectivity index (χ3v) is 4.23. The molecule has 1 saturated heterocycles. The number of nitrogens with zero attached hydrogens (tertiary/aromatic N) is 3. The van der Waals surface area contributed by atoms with E-state index in [1.54, 1.807) is 6.07 Å². The predicted octanol–water partition coefficient (Wildman–Crippen LogP) is 2.40. The Morgan fingerprint density at radius 1 is 1.24 bits per heavy atom. The number of piperazine rings is 1. The summed E-state index contributed by atoms with van der Waals surface area (Å²) in [6.45, 7) is 4.00. The summed E-state index contributed by atoms with van der Waals surface area (Å²) in [4.78, 5) is 20.9. The van der Waals surface area contributed by atoms with Gasteiger partial charge in [-0.05, 0) is 34.1 Å². The summed E-state index contributed by atoms with van der Waals surface area (Å²) >= 11 is 3.26. The van der Waals surface area contributed by atoms with E-state index in [1.807, 2.05) is 29.3 Å². The van der Waals surface area contributed by atoms with Crippen molar-refractivity contribution in [1.82, 2.24) is 14.8 Å². The lowest BCUT2D eigenvalue weighted by atomic mass is 10.2. The first-order chi connectivity index (χ1) is 10.2. The van der Waals surface area contributed by atoms with E-state index in [4.69, 9.17) is 4.42 Å². The molecule has 21 heavy (non-hydrogen) atoms. The number of rotatable bonds is 3. The second-order valence-electron chi connectivity index (χ2n) is 5.00. The lowest BCUT2D eigenvalue weighted by Crippen LogP contribution is -2.48. The van der Waals surface area contributed by atoms with Crippen molar-refractivity contribution in [2.24, 2.45) is 0 Å². The Bertz CT molecular complexity index is 606. The molecule has 5 nitrogen and oxygen atoms in total. The molecule has 2 aromatic heterocycles. The van der Waals surface area contributed by atoms with Gasteiger partial charge >= 0.3 is 0 Å². The van der Waals surface area contributed by atoms with Crippen LogP contribution in [-0.4, -0.2) is 46.9 Å². The van der Waals surface area contributed by atoms with Crippen molar-refractivity contribution in [2.45, 2.75) is 6.54 Å². The van der Waals surface area contributed by atoms with Crippen LogP contribution in [0.5, 0.6) is 0 Å². The number of halogens is 1. The lowest BCUT2D eigenvalue weighted by Gasteiger charge is -2.34. The Morgan fingerprint density at radius 2 is 2.05 bits per heavy atom. The molecule has 0 bridgehead atoms. The molecular formula is C15H16BrN3O2. The van der Waals surface area contributed by atoms with Crippen molar-refractivity contribution >= 4 is 21.8 Å². The quantitative estimate of drug-likeness (QED) is 0.853. The van der Waals surface area contributed by atoms with Crippen molar-refractivity contribution in [1.29, 1.82) is 0 Å². The highest BCUT2D eigenvalue weighted by Crippen LogP contribution is 2.20. The molecule has 0 N–H and O–H groups in total. The van der Waals surface area contributed by atoms with Crippen molar-refractivity contribution in [3.05, 3.63) is 52.7 Å². The Balaban J connectivity index is 1.56. The molecule has 1 amide bonds. The van der Waals surface area contributed by atoms with Crippen molar-refractivity contribution in [3.8, 4) is 0 Å². The molecule has 6 heteroatoms. The highest BCUT2D eigenvalue weighted by molar-refractivity contribution is 9.10. The zero-order valence-corrected chi connectivity index (χ0v) is 13.1. The number of carbonyl (C=O) groups is 1. The largest absolute Gasteiger partial charge is 0.457 e. The predicted molar refractivity (Wildman–Crippen MR) is 81.8 cm³/mol. The zero-order chi connectivity index (χ0) is 14.7. The minimum atomic E-state index is 0.0214. The van der Waals surface area contributed by atoms with Gasteiger partial charge in [0.1, 0.15) is 0 Å². The fraction of sp³-hybridized carbons (Fsp3) is 0.333. The normalized spacial score (nSPS) is 16.1. The standard InChI is InChI=1S/C15H16BrN3O2/c16-14-13(4-10-21-14)15(20)19-8-6-18(7-9-19)11-12-3-1-2-5-17-12/h1-5,10H,6-9,11H2. The van der Waals surface area contributed by atoms with E-state index in [2.05, 4.69) is 25.8 Å². The van der Waals surface area contributed by atoms with Gasteiger partial charge in [-0.3, -0.25) is 14.7 Å². The van der Waals surface area contributed by atoms with Crippen LogP contribution in [0.2, 0.25) is 0 Å². The number of amides is 1. The van der Waals surface area contributed by atoms with E-state index in [-0.39, 0.29) is 5.91 Å². The average Bonchev–Trinajstić information content (AvgIpc) is 2.94. The number of hydrogen-bond donors (Lipinski definition) is 0. The van der Waals surface area contributed by atoms with Crippen LogP contribution >= 0.6 is 15.9 Å². The fourth-order valence-electron chi connectivity index (χ4n) is 2.45. The van der Waals surface area contributed by atoms with Crippen LogP contribution in [0.15, 0.2) is 45.8 Å². The molecule has 0 radical (unpaired) electrons. The Labute approximate surface area is 131 Å². The number of carbonyl (C=O) groups excluding carboxylic acids is 1. The van der Waals surface area contributed by atoms with E-state index in [0.717, 1.165) is 38.4 Å². The molecule has 0 aromatic carbocycles. The molecule has 0 atom stereocenters. The second kappa shape index (κ2) is 6.41. The van der Waals surface area contributed by atoms with Gasteiger partial charge < -0.3 is 9.32 Å². The summed E-state index contributed by atoms with van der Waals surface area (Å²) in [5.74, 6) is 0.0214. The molecule has 0 saturated carbocycles. The van der Waals surface area contributed by atoms with E-state index >= 15 is 0 Å². The molecule has 1 fully saturated rings. The third-order valence-electron chi connectivity index (χ3n) is 3.62. The van der Waals surface area contributed by atoms with Crippen molar-refractivity contribution < 1.29 is 9.21 Å². The monoisotopic (exact) mass is 349 g/mol. The second-order valence-corrected chi connectivity index (χ2v) is 5.72. The average molecular weight is 350 g/mol. The van der Waals surface area contributed by atoms with Gasteiger partial charge in [-0.15, -0.1) is 0 Å². The molecule has 0 unspecified atom stereocenters. The topological polar surface area (TPSA) is 49.6 Å². The van der Waals surface area contributed by atoms with Crippen LogP contribution in [0.25, 0.3) is 0 Å². The molecule has 110 valence electrons. The molecule has 1 aliphatic heterocycles. The Hall–Kier alpha value is -1.66. The van der Waals surface area contributed by atoms with Gasteiger partial charge in [-0.1, -0.05) is 6.07 Å². The maximum atomic E-state index is 12.4. The van der Waals surface area contributed by atoms with Gasteiger partial charge in [0.25, 0.3) is 5.91 Å². The zero-order valence-electron chi connectivity index (χ0n) is 11.5. The maximum Gasteiger partial charge on any atom is 0.258 e. The minimum absolute atomic E-state index is 0.0214. The Kier molecular flexibility index (Phi) is 4.36. The van der Waals surface area contributed by atoms with Gasteiger partial charge in [0.2, 0.25) is 0 Å². The molecule has 1 aliphatic rings. The van der Waals surface area contributed by atoms with Gasteiger partial charge in [-0.25, -0.2) is 0 Å². The summed E-state index contributed by atoms with van der Waals surface area (Å²) in [5, 5.41) is 0. The SMILES string of the molecule is O=C(c1ccoc1Br)N1CCN(Cc2ccccn2)CC1. The summed E-state index contributed by atoms with van der Waals surface area (Å²) in [5.41, 5.74) is 1.66. The molecule has 3 rings (SSSR count). The first kappa shape index (κ1) is 14.3. The minimum Gasteiger partial charge on any atom is -0.457 e. The summed E-state index contributed by atoms with van der Waals surface area (Å²) in [7, 11) is 0. The van der Waals surface area contributed by atoms with Crippen LogP contribution < -0.4 is 0 Å². The van der Waals surface area contributed by atoms with Crippen molar-refractivity contribution in [3.63, 3.8) is 0 Å². The smallest absolute Gasteiger partial charge is 0.258 e. The molecule has 0 aliphatic carbocycles. The van der Waals surface area contributed by atoms with Gasteiger partial charge in [0.15, 0.2) is 4.67 Å². The lowest BCUT2D eigenvalue weighted by molar-refractivity contribution is 0.0625. The van der Waals surface area contributed by atoms with E-state index in [1.165, 1.54) is 6.26 Å². The number of pyridine rings is 1. The van der Waals surface area contributed by atoms with Crippen LogP contribution in [0.4, 0.5) is 0 Å². The third kappa shape index (κ3) is 3.33. The summed E-state index contributed by atoms with van der Waals surface area (Å²) in [6.07, 6.45) is 3.33. The van der Waals surface area contributed by atoms with Crippen LogP contribution in [0.1, 0.15) is 16.1 Å². The summed E-state index contributed by atoms with van der Waals surface area (Å²) < 4.78 is 5.63. The number of furan rings is 1. The van der Waals surface area contributed by atoms with E-state index in [0.29, 0.717) is 10.2 Å². The molecule has 0 spiro atoms. The first-order valence-electron chi connectivity index (χ1n) is 6.88. The molecule has 3 heterocycles. The van der Waals surface area contributed by atoms with E-state index < -0.39 is 0 Å². The Morgan fingerprint density at radius 3 is 2.67 bits per heavy atom. The maximum absolute atomic E-state index is 12.4. The molecule has 2 aromatic rings. The highest BCUT2D eigenvalue weighted by Gasteiger charge is 2.24. The molecular weight excluding hydrogens is 334 g/mol. The summed E-state index contributed by atoms with van der Waals surface area (Å²) in [6, 6.07) is 7.65. The van der Waals surface area contributed by atoms with Crippen LogP contribution in [-0.2, 0) is 6.54 Å². The highest BCUT2D eigenvalue weighted by atomic mass is 79.9.